The molecule has 0 aliphatic carbocycles. The van der Waals surface area contributed by atoms with Crippen LogP contribution in [0.15, 0.2) is 18.2 Å². The van der Waals surface area contributed by atoms with Crippen LogP contribution in [0.3, 0.4) is 0 Å². The quantitative estimate of drug-likeness (QED) is 0.678. The molecule has 1 unspecified atom stereocenters. The smallest absolute Gasteiger partial charge is 0.253 e. The average molecular weight is 249 g/mol. The number of amides is 1. The fourth-order valence-electron chi connectivity index (χ4n) is 1.59. The number of nitrogens with two attached hydrogens (primary N) is 1. The Hall–Kier alpha value is -1.71. The van der Waals surface area contributed by atoms with Gasteiger partial charge in [-0.25, -0.2) is 0 Å². The van der Waals surface area contributed by atoms with E-state index in [4.69, 9.17) is 5.73 Å². The Kier molecular flexibility index (Phi) is 5.49. The maximum Gasteiger partial charge on any atom is 0.253 e. The minimum Gasteiger partial charge on any atom is -0.399 e. The van der Waals surface area contributed by atoms with E-state index >= 15 is 0 Å². The average Bonchev–Trinajstić information content (AvgIpc) is 2.36. The number of hydrogen-bond acceptors (Lipinski definition) is 3. The van der Waals surface area contributed by atoms with E-state index in [2.05, 4.69) is 24.5 Å². The summed E-state index contributed by atoms with van der Waals surface area (Å²) in [5, 5.41) is 6.11. The second-order valence-electron chi connectivity index (χ2n) is 4.56. The van der Waals surface area contributed by atoms with Crippen molar-refractivity contribution in [2.75, 3.05) is 24.1 Å². The monoisotopic (exact) mass is 249 g/mol. The van der Waals surface area contributed by atoms with E-state index in [1.807, 2.05) is 13.0 Å². The van der Waals surface area contributed by atoms with Crippen LogP contribution in [-0.4, -0.2) is 19.0 Å². The molecule has 4 N–H and O–H groups in total. The van der Waals surface area contributed by atoms with Crippen molar-refractivity contribution in [3.63, 3.8) is 0 Å². The van der Waals surface area contributed by atoms with E-state index in [-0.39, 0.29) is 5.91 Å². The zero-order chi connectivity index (χ0) is 13.5. The molecule has 1 amide bonds. The van der Waals surface area contributed by atoms with Gasteiger partial charge in [-0.05, 0) is 31.0 Å². The molecule has 0 radical (unpaired) electrons. The fraction of sp³-hybridized carbons (Fsp3) is 0.500. The van der Waals surface area contributed by atoms with Crippen LogP contribution < -0.4 is 16.4 Å². The first-order chi connectivity index (χ1) is 8.58. The van der Waals surface area contributed by atoms with Crippen LogP contribution in [-0.2, 0) is 0 Å². The molecular formula is C14H23N3O. The normalized spacial score (nSPS) is 11.9. The molecule has 100 valence electrons. The van der Waals surface area contributed by atoms with Crippen LogP contribution in [0.5, 0.6) is 0 Å². The fourth-order valence-corrected chi connectivity index (χ4v) is 1.59. The number of rotatable bonds is 6. The summed E-state index contributed by atoms with van der Waals surface area (Å²) in [4.78, 5) is 11.9. The maximum atomic E-state index is 11.9. The number of nitrogen functional groups attached to an aromatic ring is 1. The van der Waals surface area contributed by atoms with Gasteiger partial charge in [-0.3, -0.25) is 4.79 Å². The molecule has 0 saturated heterocycles. The topological polar surface area (TPSA) is 67.2 Å². The number of benzene rings is 1. The standard InChI is InChI=1S/C14H23N3O/c1-4-10(3)9-17-13-8-11(15)6-7-12(13)14(18)16-5-2/h6-8,10,17H,4-5,9,15H2,1-3H3,(H,16,18). The minimum atomic E-state index is -0.0656. The van der Waals surface area contributed by atoms with E-state index < -0.39 is 0 Å². The summed E-state index contributed by atoms with van der Waals surface area (Å²) in [6.45, 7) is 7.68. The van der Waals surface area contributed by atoms with Crippen molar-refractivity contribution in [3.8, 4) is 0 Å². The van der Waals surface area contributed by atoms with Gasteiger partial charge in [-0.15, -0.1) is 0 Å². The summed E-state index contributed by atoms with van der Waals surface area (Å²) in [6.07, 6.45) is 1.10. The lowest BCUT2D eigenvalue weighted by molar-refractivity contribution is 0.0956. The van der Waals surface area contributed by atoms with E-state index in [1.54, 1.807) is 12.1 Å². The summed E-state index contributed by atoms with van der Waals surface area (Å²) >= 11 is 0. The summed E-state index contributed by atoms with van der Waals surface area (Å²) in [5.41, 5.74) is 7.88. The van der Waals surface area contributed by atoms with Gasteiger partial charge in [0.2, 0.25) is 0 Å². The molecule has 0 aliphatic heterocycles. The number of anilines is 2. The minimum absolute atomic E-state index is 0.0656. The van der Waals surface area contributed by atoms with Crippen LogP contribution in [0.2, 0.25) is 0 Å². The predicted molar refractivity (Wildman–Crippen MR) is 76.8 cm³/mol. The zero-order valence-corrected chi connectivity index (χ0v) is 11.4. The lowest BCUT2D eigenvalue weighted by Crippen LogP contribution is -2.24. The first kappa shape index (κ1) is 14.4. The van der Waals surface area contributed by atoms with Crippen LogP contribution in [0.1, 0.15) is 37.6 Å². The van der Waals surface area contributed by atoms with Crippen molar-refractivity contribution in [1.82, 2.24) is 5.32 Å². The summed E-state index contributed by atoms with van der Waals surface area (Å²) in [6, 6.07) is 5.32. The van der Waals surface area contributed by atoms with E-state index in [0.29, 0.717) is 23.7 Å². The Labute approximate surface area is 109 Å². The van der Waals surface area contributed by atoms with E-state index in [0.717, 1.165) is 18.7 Å². The van der Waals surface area contributed by atoms with E-state index in [9.17, 15) is 4.79 Å². The molecule has 0 spiro atoms. The first-order valence-corrected chi connectivity index (χ1v) is 6.50. The van der Waals surface area contributed by atoms with Crippen LogP contribution in [0.4, 0.5) is 11.4 Å². The Bertz CT molecular complexity index is 404. The maximum absolute atomic E-state index is 11.9. The Balaban J connectivity index is 2.86. The Morgan fingerprint density at radius 3 is 2.72 bits per heavy atom. The third-order valence-corrected chi connectivity index (χ3v) is 2.96. The predicted octanol–water partition coefficient (Wildman–Crippen LogP) is 2.48. The highest BCUT2D eigenvalue weighted by molar-refractivity contribution is 6.00. The van der Waals surface area contributed by atoms with Gasteiger partial charge in [0.1, 0.15) is 0 Å². The van der Waals surface area contributed by atoms with Crippen molar-refractivity contribution < 1.29 is 4.79 Å². The number of carbonyl (C=O) groups is 1. The van der Waals surface area contributed by atoms with Gasteiger partial charge < -0.3 is 16.4 Å². The molecule has 4 nitrogen and oxygen atoms in total. The Morgan fingerprint density at radius 2 is 2.11 bits per heavy atom. The molecule has 1 atom stereocenters. The Morgan fingerprint density at radius 1 is 1.39 bits per heavy atom. The van der Waals surface area contributed by atoms with Crippen molar-refractivity contribution in [1.29, 1.82) is 0 Å². The molecule has 0 heterocycles. The molecular weight excluding hydrogens is 226 g/mol. The SMILES string of the molecule is CCNC(=O)c1ccc(N)cc1NCC(C)CC. The molecule has 0 aliphatic rings. The highest BCUT2D eigenvalue weighted by Crippen LogP contribution is 2.20. The van der Waals surface area contributed by atoms with Crippen LogP contribution in [0, 0.1) is 5.92 Å². The largest absolute Gasteiger partial charge is 0.399 e. The molecule has 0 aromatic heterocycles. The highest BCUT2D eigenvalue weighted by atomic mass is 16.1. The third-order valence-electron chi connectivity index (χ3n) is 2.96. The summed E-state index contributed by atoms with van der Waals surface area (Å²) in [5.74, 6) is 0.498. The van der Waals surface area contributed by atoms with Gasteiger partial charge in [0.15, 0.2) is 0 Å². The van der Waals surface area contributed by atoms with Crippen molar-refractivity contribution in [2.45, 2.75) is 27.2 Å². The van der Waals surface area contributed by atoms with Gasteiger partial charge in [0.25, 0.3) is 5.91 Å². The van der Waals surface area contributed by atoms with Crippen molar-refractivity contribution in [3.05, 3.63) is 23.8 Å². The summed E-state index contributed by atoms with van der Waals surface area (Å²) < 4.78 is 0. The van der Waals surface area contributed by atoms with E-state index in [1.165, 1.54) is 0 Å². The van der Waals surface area contributed by atoms with Crippen LogP contribution >= 0.6 is 0 Å². The molecule has 18 heavy (non-hydrogen) atoms. The highest BCUT2D eigenvalue weighted by Gasteiger charge is 2.11. The molecule has 1 aromatic rings. The second kappa shape index (κ2) is 6.89. The lowest BCUT2D eigenvalue weighted by atomic mass is 10.1. The molecule has 0 fully saturated rings. The van der Waals surface area contributed by atoms with Gasteiger partial charge >= 0.3 is 0 Å². The number of hydrogen-bond donors (Lipinski definition) is 3. The summed E-state index contributed by atoms with van der Waals surface area (Å²) in [7, 11) is 0. The third kappa shape index (κ3) is 3.95. The van der Waals surface area contributed by atoms with Crippen molar-refractivity contribution in [2.24, 2.45) is 5.92 Å². The van der Waals surface area contributed by atoms with Gasteiger partial charge in [0.05, 0.1) is 5.56 Å². The van der Waals surface area contributed by atoms with Gasteiger partial charge in [-0.1, -0.05) is 20.3 Å². The molecule has 0 bridgehead atoms. The molecule has 4 heteroatoms. The zero-order valence-electron chi connectivity index (χ0n) is 11.4. The molecule has 1 aromatic carbocycles. The lowest BCUT2D eigenvalue weighted by Gasteiger charge is -2.15. The number of carbonyl (C=O) groups excluding carboxylic acids is 1. The first-order valence-electron chi connectivity index (χ1n) is 6.50. The molecule has 0 saturated carbocycles. The van der Waals surface area contributed by atoms with Crippen molar-refractivity contribution >= 4 is 17.3 Å². The number of nitrogens with one attached hydrogen (secondary N) is 2. The van der Waals surface area contributed by atoms with Gasteiger partial charge in [-0.2, -0.15) is 0 Å². The second-order valence-corrected chi connectivity index (χ2v) is 4.56. The van der Waals surface area contributed by atoms with Crippen LogP contribution in [0.25, 0.3) is 0 Å². The molecule has 1 rings (SSSR count). The van der Waals surface area contributed by atoms with Gasteiger partial charge in [0, 0.05) is 24.5 Å².